The Morgan fingerprint density at radius 3 is 2.56 bits per heavy atom. The molecule has 0 atom stereocenters. The molecule has 0 radical (unpaired) electrons. The van der Waals surface area contributed by atoms with Gasteiger partial charge in [0.15, 0.2) is 5.11 Å². The molecule has 0 aliphatic rings. The standard InChI is InChI=1S/C16H12Br2ClN3O4S/c1-7-3-13(22(24)25)11(19)6-12(7)20-16(27)21-15(23)9-4-8(17)5-10(18)14(9)26-2/h3-6H,1-2H3,(H2,20,21,23,27). The minimum absolute atomic E-state index is 0.00571. The van der Waals surface area contributed by atoms with Crippen LogP contribution >= 0.6 is 55.7 Å². The molecular formula is C16H12Br2ClN3O4S. The number of thiocarbonyl (C=S) groups is 1. The predicted octanol–water partition coefficient (Wildman–Crippen LogP) is 5.22. The highest BCUT2D eigenvalue weighted by molar-refractivity contribution is 9.11. The molecule has 2 aromatic rings. The molecule has 142 valence electrons. The molecule has 0 aromatic heterocycles. The lowest BCUT2D eigenvalue weighted by Gasteiger charge is -2.14. The molecular weight excluding hydrogens is 526 g/mol. The zero-order valence-corrected chi connectivity index (χ0v) is 18.7. The minimum Gasteiger partial charge on any atom is -0.495 e. The lowest BCUT2D eigenvalue weighted by molar-refractivity contribution is -0.384. The number of hydrogen-bond donors (Lipinski definition) is 2. The van der Waals surface area contributed by atoms with Crippen LogP contribution in [0.25, 0.3) is 0 Å². The number of ether oxygens (including phenoxy) is 1. The molecule has 0 aliphatic heterocycles. The molecule has 0 aliphatic carbocycles. The highest BCUT2D eigenvalue weighted by Gasteiger charge is 2.19. The maximum atomic E-state index is 12.5. The number of nitrogens with zero attached hydrogens (tertiary/aromatic N) is 1. The Bertz CT molecular complexity index is 956. The molecule has 2 N–H and O–H groups in total. The number of nitrogens with one attached hydrogen (secondary N) is 2. The number of methoxy groups -OCH3 is 1. The Kier molecular flexibility index (Phi) is 7.15. The van der Waals surface area contributed by atoms with Gasteiger partial charge in [-0.3, -0.25) is 20.2 Å². The molecule has 0 bridgehead atoms. The fourth-order valence-corrected chi connectivity index (χ4v) is 4.02. The second-order valence-corrected chi connectivity index (χ2v) is 7.84. The fraction of sp³-hybridized carbons (Fsp3) is 0.125. The maximum absolute atomic E-state index is 12.5. The van der Waals surface area contributed by atoms with Gasteiger partial charge in [0.2, 0.25) is 0 Å². The Labute approximate surface area is 181 Å². The van der Waals surface area contributed by atoms with E-state index in [0.717, 1.165) is 0 Å². The maximum Gasteiger partial charge on any atom is 0.288 e. The van der Waals surface area contributed by atoms with Gasteiger partial charge in [-0.05, 0) is 58.8 Å². The lowest BCUT2D eigenvalue weighted by Crippen LogP contribution is -2.34. The van der Waals surface area contributed by atoms with Gasteiger partial charge in [-0.2, -0.15) is 0 Å². The number of amides is 1. The van der Waals surface area contributed by atoms with Gasteiger partial charge >= 0.3 is 0 Å². The second-order valence-electron chi connectivity index (χ2n) is 5.25. The second kappa shape index (κ2) is 8.96. The van der Waals surface area contributed by atoms with Crippen molar-refractivity contribution in [3.05, 3.63) is 59.5 Å². The summed E-state index contributed by atoms with van der Waals surface area (Å²) < 4.78 is 6.53. The van der Waals surface area contributed by atoms with Crippen LogP contribution in [0.4, 0.5) is 11.4 Å². The van der Waals surface area contributed by atoms with Crippen LogP contribution in [0.3, 0.4) is 0 Å². The van der Waals surface area contributed by atoms with Crippen molar-refractivity contribution in [1.29, 1.82) is 0 Å². The summed E-state index contributed by atoms with van der Waals surface area (Å²) in [5, 5.41) is 16.2. The normalized spacial score (nSPS) is 10.3. The van der Waals surface area contributed by atoms with Crippen LogP contribution < -0.4 is 15.4 Å². The molecule has 0 heterocycles. The lowest BCUT2D eigenvalue weighted by atomic mass is 10.1. The number of carbonyl (C=O) groups is 1. The SMILES string of the molecule is COc1c(Br)cc(Br)cc1C(=O)NC(=S)Nc1cc(Cl)c([N+](=O)[O-])cc1C. The first kappa shape index (κ1) is 21.5. The van der Waals surface area contributed by atoms with Crippen molar-refractivity contribution in [2.24, 2.45) is 0 Å². The zero-order valence-electron chi connectivity index (χ0n) is 13.9. The summed E-state index contributed by atoms with van der Waals surface area (Å²) in [6.45, 7) is 1.66. The van der Waals surface area contributed by atoms with E-state index < -0.39 is 10.8 Å². The molecule has 0 saturated carbocycles. The third-order valence-electron chi connectivity index (χ3n) is 3.42. The van der Waals surface area contributed by atoms with Crippen molar-refractivity contribution in [2.45, 2.75) is 6.92 Å². The largest absolute Gasteiger partial charge is 0.495 e. The van der Waals surface area contributed by atoms with Crippen molar-refractivity contribution in [3.63, 3.8) is 0 Å². The molecule has 11 heteroatoms. The monoisotopic (exact) mass is 535 g/mol. The molecule has 7 nitrogen and oxygen atoms in total. The van der Waals surface area contributed by atoms with Crippen LogP contribution in [0.2, 0.25) is 5.02 Å². The topological polar surface area (TPSA) is 93.5 Å². The van der Waals surface area contributed by atoms with Crippen LogP contribution in [-0.4, -0.2) is 23.1 Å². The summed E-state index contributed by atoms with van der Waals surface area (Å²) in [5.74, 6) is -0.134. The van der Waals surface area contributed by atoms with Gasteiger partial charge in [-0.25, -0.2) is 0 Å². The number of carbonyl (C=O) groups excluding carboxylic acids is 1. The van der Waals surface area contributed by atoms with Crippen LogP contribution in [-0.2, 0) is 0 Å². The van der Waals surface area contributed by atoms with Gasteiger partial charge in [0.1, 0.15) is 10.8 Å². The Morgan fingerprint density at radius 1 is 1.30 bits per heavy atom. The number of anilines is 1. The molecule has 0 saturated heterocycles. The van der Waals surface area contributed by atoms with E-state index in [1.165, 1.54) is 19.2 Å². The van der Waals surface area contributed by atoms with Crippen molar-refractivity contribution < 1.29 is 14.5 Å². The molecule has 2 rings (SSSR count). The fourth-order valence-electron chi connectivity index (χ4n) is 2.20. The average molecular weight is 538 g/mol. The minimum atomic E-state index is -0.573. The van der Waals surface area contributed by atoms with E-state index >= 15 is 0 Å². The molecule has 2 aromatic carbocycles. The van der Waals surface area contributed by atoms with E-state index in [-0.39, 0.29) is 21.4 Å². The van der Waals surface area contributed by atoms with Gasteiger partial charge in [0.25, 0.3) is 11.6 Å². The Hall–Kier alpha value is -1.75. The number of benzene rings is 2. The molecule has 27 heavy (non-hydrogen) atoms. The first-order chi connectivity index (χ1) is 12.6. The predicted molar refractivity (Wildman–Crippen MR) is 115 cm³/mol. The van der Waals surface area contributed by atoms with E-state index in [1.807, 2.05) is 0 Å². The first-order valence-electron chi connectivity index (χ1n) is 7.24. The van der Waals surface area contributed by atoms with Gasteiger partial charge in [-0.15, -0.1) is 0 Å². The van der Waals surface area contributed by atoms with Crippen LogP contribution in [0.1, 0.15) is 15.9 Å². The van der Waals surface area contributed by atoms with E-state index in [1.54, 1.807) is 19.1 Å². The smallest absolute Gasteiger partial charge is 0.288 e. The van der Waals surface area contributed by atoms with Crippen molar-refractivity contribution >= 4 is 78.1 Å². The summed E-state index contributed by atoms with van der Waals surface area (Å²) in [6, 6.07) is 6.04. The number of rotatable bonds is 4. The summed E-state index contributed by atoms with van der Waals surface area (Å²) in [4.78, 5) is 22.9. The van der Waals surface area contributed by atoms with Crippen molar-refractivity contribution in [2.75, 3.05) is 12.4 Å². The quantitative estimate of drug-likeness (QED) is 0.316. The molecule has 0 spiro atoms. The van der Waals surface area contributed by atoms with Gasteiger partial charge in [0, 0.05) is 16.2 Å². The number of hydrogen-bond acceptors (Lipinski definition) is 5. The third kappa shape index (κ3) is 5.16. The first-order valence-corrected chi connectivity index (χ1v) is 9.61. The summed E-state index contributed by atoms with van der Waals surface area (Å²) >= 11 is 17.7. The van der Waals surface area contributed by atoms with E-state index in [4.69, 9.17) is 28.6 Å². The number of aryl methyl sites for hydroxylation is 1. The summed E-state index contributed by atoms with van der Waals surface area (Å²) in [7, 11) is 1.45. The highest BCUT2D eigenvalue weighted by atomic mass is 79.9. The van der Waals surface area contributed by atoms with Gasteiger partial charge in [-0.1, -0.05) is 27.5 Å². The molecule has 1 amide bonds. The third-order valence-corrected chi connectivity index (χ3v) is 4.98. The highest BCUT2D eigenvalue weighted by Crippen LogP contribution is 2.33. The van der Waals surface area contributed by atoms with Crippen LogP contribution in [0, 0.1) is 17.0 Å². The van der Waals surface area contributed by atoms with Crippen molar-refractivity contribution in [1.82, 2.24) is 5.32 Å². The number of nitro benzene ring substituents is 1. The van der Waals surface area contributed by atoms with Crippen molar-refractivity contribution in [3.8, 4) is 5.75 Å². The summed E-state index contributed by atoms with van der Waals surface area (Å²) in [5.41, 5.74) is 1.04. The number of halogens is 3. The Balaban J connectivity index is 2.21. The van der Waals surface area contributed by atoms with E-state index in [2.05, 4.69) is 42.5 Å². The molecule has 0 unspecified atom stereocenters. The van der Waals surface area contributed by atoms with E-state index in [0.29, 0.717) is 25.9 Å². The Morgan fingerprint density at radius 2 is 1.96 bits per heavy atom. The van der Waals surface area contributed by atoms with Gasteiger partial charge < -0.3 is 10.1 Å². The average Bonchev–Trinajstić information content (AvgIpc) is 2.56. The van der Waals surface area contributed by atoms with Gasteiger partial charge in [0.05, 0.1) is 22.1 Å². The van der Waals surface area contributed by atoms with Crippen LogP contribution in [0.5, 0.6) is 5.75 Å². The summed E-state index contributed by atoms with van der Waals surface area (Å²) in [6.07, 6.45) is 0. The number of nitro groups is 1. The zero-order chi connectivity index (χ0) is 20.3. The van der Waals surface area contributed by atoms with Crippen LogP contribution in [0.15, 0.2) is 33.2 Å². The molecule has 0 fully saturated rings. The van der Waals surface area contributed by atoms with E-state index in [9.17, 15) is 14.9 Å².